The highest BCUT2D eigenvalue weighted by molar-refractivity contribution is 6.06. The van der Waals surface area contributed by atoms with Crippen molar-refractivity contribution in [2.75, 3.05) is 30.4 Å². The zero-order valence-electron chi connectivity index (χ0n) is 21.0. The van der Waals surface area contributed by atoms with Crippen molar-refractivity contribution in [3.8, 4) is 17.2 Å². The molecule has 0 atom stereocenters. The number of oxazole rings is 1. The maximum Gasteiger partial charge on any atom is 0.293 e. The summed E-state index contributed by atoms with van der Waals surface area (Å²) in [6.45, 7) is 5.78. The number of benzene rings is 3. The highest BCUT2D eigenvalue weighted by atomic mass is 16.6. The Morgan fingerprint density at radius 1 is 1.11 bits per heavy atom. The van der Waals surface area contributed by atoms with Crippen molar-refractivity contribution < 1.29 is 18.9 Å². The van der Waals surface area contributed by atoms with Crippen molar-refractivity contribution >= 4 is 34.1 Å². The minimum absolute atomic E-state index is 0.0810. The van der Waals surface area contributed by atoms with E-state index in [9.17, 15) is 14.9 Å². The molecule has 1 saturated heterocycles. The lowest BCUT2D eigenvalue weighted by atomic mass is 10.0. The second-order valence-electron chi connectivity index (χ2n) is 9.42. The summed E-state index contributed by atoms with van der Waals surface area (Å²) in [5, 5.41) is 14.6. The number of aromatic nitrogens is 1. The third-order valence-electron chi connectivity index (χ3n) is 6.65. The first-order valence-electron chi connectivity index (χ1n) is 12.3. The first kappa shape index (κ1) is 24.3. The van der Waals surface area contributed by atoms with Crippen LogP contribution in [-0.4, -0.2) is 36.0 Å². The van der Waals surface area contributed by atoms with E-state index in [4.69, 9.17) is 9.15 Å². The number of anilines is 2. The maximum atomic E-state index is 13.1. The fourth-order valence-corrected chi connectivity index (χ4v) is 4.60. The Hall–Kier alpha value is -4.40. The number of carbonyl (C=O) groups is 1. The van der Waals surface area contributed by atoms with E-state index in [1.54, 1.807) is 30.3 Å². The van der Waals surface area contributed by atoms with Crippen molar-refractivity contribution in [2.45, 2.75) is 32.6 Å². The zero-order chi connectivity index (χ0) is 26.1. The topological polar surface area (TPSA) is 111 Å². The van der Waals surface area contributed by atoms with Crippen LogP contribution in [-0.2, 0) is 0 Å². The third-order valence-corrected chi connectivity index (χ3v) is 6.65. The zero-order valence-corrected chi connectivity index (χ0v) is 21.0. The summed E-state index contributed by atoms with van der Waals surface area (Å²) in [4.78, 5) is 31.1. The SMILES string of the molecule is COc1ccc(-c2nc3cc(C(C)C)ccc3o2)cc1NC(=O)c1ccc(N2CCCC2)c([N+](=O)[O-])c1. The van der Waals surface area contributed by atoms with Gasteiger partial charge < -0.3 is 19.4 Å². The van der Waals surface area contributed by atoms with Crippen LogP contribution in [0.1, 0.15) is 48.5 Å². The number of nitrogens with one attached hydrogen (secondary N) is 1. The molecule has 1 aliphatic heterocycles. The fraction of sp³-hybridized carbons (Fsp3) is 0.286. The summed E-state index contributed by atoms with van der Waals surface area (Å²) in [5.41, 5.74) is 4.30. The Morgan fingerprint density at radius 3 is 2.59 bits per heavy atom. The normalized spacial score (nSPS) is 13.4. The molecule has 1 N–H and O–H groups in total. The summed E-state index contributed by atoms with van der Waals surface area (Å²) in [7, 11) is 1.51. The molecule has 1 amide bonds. The van der Waals surface area contributed by atoms with Gasteiger partial charge >= 0.3 is 0 Å². The van der Waals surface area contributed by atoms with Gasteiger partial charge in [0.1, 0.15) is 17.0 Å². The highest BCUT2D eigenvalue weighted by Gasteiger charge is 2.24. The summed E-state index contributed by atoms with van der Waals surface area (Å²) in [6.07, 6.45) is 1.99. The van der Waals surface area contributed by atoms with E-state index in [0.29, 0.717) is 40.1 Å². The molecular weight excluding hydrogens is 472 g/mol. The van der Waals surface area contributed by atoms with Gasteiger partial charge in [-0.1, -0.05) is 19.9 Å². The Labute approximate surface area is 214 Å². The molecule has 0 bridgehead atoms. The smallest absolute Gasteiger partial charge is 0.293 e. The molecule has 1 aliphatic rings. The summed E-state index contributed by atoms with van der Waals surface area (Å²) < 4.78 is 11.4. The number of amides is 1. The molecule has 1 aromatic heterocycles. The highest BCUT2D eigenvalue weighted by Crippen LogP contribution is 2.35. The number of methoxy groups -OCH3 is 1. The van der Waals surface area contributed by atoms with Crippen LogP contribution >= 0.6 is 0 Å². The van der Waals surface area contributed by atoms with Crippen LogP contribution in [0, 0.1) is 10.1 Å². The minimum atomic E-state index is -0.481. The molecule has 0 radical (unpaired) electrons. The Morgan fingerprint density at radius 2 is 1.89 bits per heavy atom. The van der Waals surface area contributed by atoms with E-state index in [1.165, 1.54) is 18.7 Å². The van der Waals surface area contributed by atoms with E-state index in [-0.39, 0.29) is 11.3 Å². The molecule has 9 nitrogen and oxygen atoms in total. The van der Waals surface area contributed by atoms with Crippen LogP contribution in [0.2, 0.25) is 0 Å². The number of rotatable bonds is 7. The Balaban J connectivity index is 1.44. The average Bonchev–Trinajstić information content (AvgIpc) is 3.58. The minimum Gasteiger partial charge on any atom is -0.495 e. The summed E-state index contributed by atoms with van der Waals surface area (Å²) in [5.74, 6) is 0.747. The lowest BCUT2D eigenvalue weighted by molar-refractivity contribution is -0.384. The van der Waals surface area contributed by atoms with Crippen molar-refractivity contribution in [1.29, 1.82) is 0 Å². The molecule has 4 aromatic rings. The van der Waals surface area contributed by atoms with E-state index in [0.717, 1.165) is 31.4 Å². The molecule has 3 aromatic carbocycles. The van der Waals surface area contributed by atoms with Crippen molar-refractivity contribution in [1.82, 2.24) is 4.98 Å². The van der Waals surface area contributed by atoms with Gasteiger partial charge in [0.05, 0.1) is 17.7 Å². The van der Waals surface area contributed by atoms with Crippen LogP contribution in [0.5, 0.6) is 5.75 Å². The molecule has 0 spiro atoms. The molecule has 0 aliphatic carbocycles. The Bertz CT molecular complexity index is 1490. The summed E-state index contributed by atoms with van der Waals surface area (Å²) >= 11 is 0. The largest absolute Gasteiger partial charge is 0.495 e. The lowest BCUT2D eigenvalue weighted by Crippen LogP contribution is -2.20. The van der Waals surface area contributed by atoms with Crippen molar-refractivity contribution in [2.24, 2.45) is 0 Å². The first-order chi connectivity index (χ1) is 17.8. The van der Waals surface area contributed by atoms with Crippen LogP contribution in [0.25, 0.3) is 22.6 Å². The molecule has 37 heavy (non-hydrogen) atoms. The number of carbonyl (C=O) groups excluding carboxylic acids is 1. The molecule has 0 unspecified atom stereocenters. The number of nitro groups is 1. The third kappa shape index (κ3) is 4.84. The molecule has 9 heteroatoms. The van der Waals surface area contributed by atoms with Crippen LogP contribution in [0.3, 0.4) is 0 Å². The van der Waals surface area contributed by atoms with Gasteiger partial charge in [-0.2, -0.15) is 0 Å². The van der Waals surface area contributed by atoms with Gasteiger partial charge in [-0.25, -0.2) is 4.98 Å². The number of nitro benzene ring substituents is 1. The monoisotopic (exact) mass is 500 g/mol. The lowest BCUT2D eigenvalue weighted by Gasteiger charge is -2.18. The predicted octanol–water partition coefficient (Wildman–Crippen LogP) is 6.39. The first-order valence-corrected chi connectivity index (χ1v) is 12.3. The number of hydrogen-bond acceptors (Lipinski definition) is 7. The molecule has 5 rings (SSSR count). The van der Waals surface area contributed by atoms with E-state index in [2.05, 4.69) is 24.1 Å². The van der Waals surface area contributed by atoms with Gasteiger partial charge in [-0.15, -0.1) is 0 Å². The van der Waals surface area contributed by atoms with Crippen LogP contribution < -0.4 is 15.0 Å². The van der Waals surface area contributed by atoms with Gasteiger partial charge in [0.15, 0.2) is 5.58 Å². The number of ether oxygens (including phenoxy) is 1. The molecule has 1 fully saturated rings. The number of fused-ring (bicyclic) bond motifs is 1. The van der Waals surface area contributed by atoms with Gasteiger partial charge in [0.25, 0.3) is 11.6 Å². The van der Waals surface area contributed by atoms with Crippen LogP contribution in [0.15, 0.2) is 59.0 Å². The van der Waals surface area contributed by atoms with Gasteiger partial charge in [-0.05, 0) is 66.8 Å². The second-order valence-corrected chi connectivity index (χ2v) is 9.42. The van der Waals surface area contributed by atoms with Crippen LogP contribution in [0.4, 0.5) is 17.1 Å². The fourth-order valence-electron chi connectivity index (χ4n) is 4.60. The van der Waals surface area contributed by atoms with Crippen molar-refractivity contribution in [3.63, 3.8) is 0 Å². The standard InChI is InChI=1S/C28H28N4O5/c1-17(2)18-7-11-26-22(14-18)30-28(37-26)20-8-10-25(36-3)21(15-20)29-27(33)19-6-9-23(24(16-19)32(34)35)31-12-4-5-13-31/h6-11,14-17H,4-5,12-13H2,1-3H3,(H,29,33). The number of hydrogen-bond donors (Lipinski definition) is 1. The van der Waals surface area contributed by atoms with Gasteiger partial charge in [-0.3, -0.25) is 14.9 Å². The maximum absolute atomic E-state index is 13.1. The predicted molar refractivity (Wildman–Crippen MR) is 143 cm³/mol. The average molecular weight is 501 g/mol. The van der Waals surface area contributed by atoms with Gasteiger partial charge in [0.2, 0.25) is 5.89 Å². The quantitative estimate of drug-likeness (QED) is 0.231. The molecule has 0 saturated carbocycles. The van der Waals surface area contributed by atoms with Crippen molar-refractivity contribution in [3.05, 3.63) is 75.8 Å². The van der Waals surface area contributed by atoms with E-state index >= 15 is 0 Å². The molecule has 2 heterocycles. The van der Waals surface area contributed by atoms with Gasteiger partial charge in [0, 0.05) is 30.3 Å². The number of nitrogens with zero attached hydrogens (tertiary/aromatic N) is 3. The molecular formula is C28H28N4O5. The second kappa shape index (κ2) is 9.93. The van der Waals surface area contributed by atoms with E-state index in [1.807, 2.05) is 23.1 Å². The molecule has 190 valence electrons. The Kier molecular flexibility index (Phi) is 6.52. The summed E-state index contributed by atoms with van der Waals surface area (Å²) in [6, 6.07) is 15.8. The van der Waals surface area contributed by atoms with E-state index < -0.39 is 10.8 Å².